The fourth-order valence-corrected chi connectivity index (χ4v) is 3.67. The predicted molar refractivity (Wildman–Crippen MR) is 103 cm³/mol. The van der Waals surface area contributed by atoms with Gasteiger partial charge in [-0.05, 0) is 37.5 Å². The number of carbonyl (C=O) groups is 1. The molecule has 7 nitrogen and oxygen atoms in total. The van der Waals surface area contributed by atoms with Crippen molar-refractivity contribution in [2.75, 3.05) is 6.54 Å². The van der Waals surface area contributed by atoms with Gasteiger partial charge in [-0.25, -0.2) is 9.50 Å². The lowest BCUT2D eigenvalue weighted by Crippen LogP contribution is -2.34. The van der Waals surface area contributed by atoms with Crippen LogP contribution in [0.3, 0.4) is 0 Å². The molecule has 1 aromatic carbocycles. The van der Waals surface area contributed by atoms with E-state index in [-0.39, 0.29) is 12.0 Å². The average Bonchev–Trinajstić information content (AvgIpc) is 3.29. The van der Waals surface area contributed by atoms with Gasteiger partial charge < -0.3 is 10.1 Å². The highest BCUT2D eigenvalue weighted by atomic mass is 16.5. The third-order valence-electron chi connectivity index (χ3n) is 5.17. The van der Waals surface area contributed by atoms with E-state index in [2.05, 4.69) is 27.5 Å². The van der Waals surface area contributed by atoms with Crippen molar-refractivity contribution in [1.29, 1.82) is 5.26 Å². The molecule has 0 aliphatic carbocycles. The molecule has 142 valence electrons. The number of fused-ring (bicyclic) bond motifs is 2. The number of carbonyl (C=O) groups excluding carboxylic acids is 1. The summed E-state index contributed by atoms with van der Waals surface area (Å²) in [6.45, 7) is 4.33. The monoisotopic (exact) mass is 375 g/mol. The van der Waals surface area contributed by atoms with E-state index in [0.29, 0.717) is 30.6 Å². The third kappa shape index (κ3) is 3.29. The van der Waals surface area contributed by atoms with Crippen LogP contribution in [0, 0.1) is 25.2 Å². The van der Waals surface area contributed by atoms with Gasteiger partial charge in [-0.3, -0.25) is 4.79 Å². The summed E-state index contributed by atoms with van der Waals surface area (Å²) in [6.07, 6.45) is 3.25. The van der Waals surface area contributed by atoms with Gasteiger partial charge in [0.05, 0.1) is 12.7 Å². The number of amides is 1. The largest absolute Gasteiger partial charge is 0.488 e. The molecule has 0 spiro atoms. The van der Waals surface area contributed by atoms with Gasteiger partial charge >= 0.3 is 0 Å². The number of para-hydroxylation sites is 1. The van der Waals surface area contributed by atoms with Gasteiger partial charge in [0.2, 0.25) is 5.91 Å². The summed E-state index contributed by atoms with van der Waals surface area (Å²) in [4.78, 5) is 16.8. The second-order valence-electron chi connectivity index (χ2n) is 7.02. The van der Waals surface area contributed by atoms with Crippen LogP contribution in [0.15, 0.2) is 30.5 Å². The van der Waals surface area contributed by atoms with Crippen molar-refractivity contribution in [2.24, 2.45) is 0 Å². The van der Waals surface area contributed by atoms with E-state index < -0.39 is 0 Å². The molecule has 0 radical (unpaired) electrons. The summed E-state index contributed by atoms with van der Waals surface area (Å²) in [6, 6.07) is 10.1. The first-order chi connectivity index (χ1) is 13.6. The zero-order chi connectivity index (χ0) is 19.7. The first-order valence-corrected chi connectivity index (χ1v) is 9.32. The number of rotatable bonds is 5. The normalized spacial score (nSPS) is 15.1. The molecule has 2 aromatic heterocycles. The number of ether oxygens (including phenoxy) is 1. The molecule has 4 rings (SSSR count). The fourth-order valence-electron chi connectivity index (χ4n) is 3.67. The molecular weight excluding hydrogens is 354 g/mol. The molecule has 3 heterocycles. The summed E-state index contributed by atoms with van der Waals surface area (Å²) in [5.74, 6) is 0.889. The van der Waals surface area contributed by atoms with Gasteiger partial charge in [-0.1, -0.05) is 18.2 Å². The van der Waals surface area contributed by atoms with E-state index in [9.17, 15) is 4.79 Å². The summed E-state index contributed by atoms with van der Waals surface area (Å²) in [5.41, 5.74) is 4.91. The highest BCUT2D eigenvalue weighted by Gasteiger charge is 2.22. The molecule has 3 aromatic rings. The minimum Gasteiger partial charge on any atom is -0.488 e. The Kier molecular flexibility index (Phi) is 4.70. The van der Waals surface area contributed by atoms with E-state index in [1.54, 1.807) is 4.52 Å². The molecule has 28 heavy (non-hydrogen) atoms. The lowest BCUT2D eigenvalue weighted by molar-refractivity contribution is -0.121. The van der Waals surface area contributed by atoms with Crippen molar-refractivity contribution in [2.45, 2.75) is 39.2 Å². The van der Waals surface area contributed by atoms with Gasteiger partial charge in [0.25, 0.3) is 0 Å². The van der Waals surface area contributed by atoms with Crippen molar-refractivity contribution >= 4 is 11.6 Å². The Bertz CT molecular complexity index is 1070. The minimum atomic E-state index is -0.0173. The maximum atomic E-state index is 12.3. The molecule has 0 saturated heterocycles. The van der Waals surface area contributed by atoms with Crippen LogP contribution < -0.4 is 10.1 Å². The Morgan fingerprint density at radius 2 is 2.21 bits per heavy atom. The van der Waals surface area contributed by atoms with E-state index in [1.807, 2.05) is 32.0 Å². The molecule has 1 aliphatic rings. The van der Waals surface area contributed by atoms with Crippen LogP contribution in [-0.4, -0.2) is 33.2 Å². The number of nitrogens with zero attached hydrogens (tertiary/aromatic N) is 4. The van der Waals surface area contributed by atoms with Gasteiger partial charge in [0.15, 0.2) is 5.65 Å². The third-order valence-corrected chi connectivity index (χ3v) is 5.17. The van der Waals surface area contributed by atoms with Gasteiger partial charge in [0, 0.05) is 24.2 Å². The van der Waals surface area contributed by atoms with Gasteiger partial charge in [-0.15, -0.1) is 0 Å². The van der Waals surface area contributed by atoms with E-state index in [0.717, 1.165) is 29.1 Å². The molecule has 7 heteroatoms. The van der Waals surface area contributed by atoms with E-state index in [4.69, 9.17) is 10.00 Å². The highest BCUT2D eigenvalue weighted by molar-refractivity contribution is 5.76. The smallest absolute Gasteiger partial charge is 0.220 e. The Morgan fingerprint density at radius 3 is 3.00 bits per heavy atom. The van der Waals surface area contributed by atoms with Crippen molar-refractivity contribution < 1.29 is 9.53 Å². The van der Waals surface area contributed by atoms with Crippen LogP contribution in [-0.2, 0) is 17.6 Å². The molecule has 1 atom stereocenters. The molecule has 0 unspecified atom stereocenters. The first-order valence-electron chi connectivity index (χ1n) is 9.32. The summed E-state index contributed by atoms with van der Waals surface area (Å²) in [5, 5.41) is 16.4. The molecule has 1 aliphatic heterocycles. The lowest BCUT2D eigenvalue weighted by Gasteiger charge is -2.13. The molecule has 1 amide bonds. The Labute approximate surface area is 163 Å². The van der Waals surface area contributed by atoms with Crippen LogP contribution in [0.25, 0.3) is 5.65 Å². The van der Waals surface area contributed by atoms with E-state index >= 15 is 0 Å². The second kappa shape index (κ2) is 7.31. The fraction of sp³-hybridized carbons (Fsp3) is 0.333. The number of benzene rings is 1. The first kappa shape index (κ1) is 18.0. The number of aryl methyl sites for hydroxylation is 2. The number of nitrogens with one attached hydrogen (secondary N) is 1. The SMILES string of the molecule is Cc1nc2c(C#N)cnn2c(C)c1CCC(=O)NC[C@@H]1Cc2ccccc2O1. The summed E-state index contributed by atoms with van der Waals surface area (Å²) >= 11 is 0. The highest BCUT2D eigenvalue weighted by Crippen LogP contribution is 2.27. The number of nitriles is 1. The predicted octanol–water partition coefficient (Wildman–Crippen LogP) is 2.27. The molecule has 0 saturated carbocycles. The summed E-state index contributed by atoms with van der Waals surface area (Å²) < 4.78 is 7.53. The van der Waals surface area contributed by atoms with Crippen molar-refractivity contribution in [3.8, 4) is 11.8 Å². The maximum absolute atomic E-state index is 12.3. The Hall–Kier alpha value is -3.40. The number of aromatic nitrogens is 3. The van der Waals surface area contributed by atoms with Gasteiger partial charge in [-0.2, -0.15) is 10.4 Å². The summed E-state index contributed by atoms with van der Waals surface area (Å²) in [7, 11) is 0. The number of hydrogen-bond donors (Lipinski definition) is 1. The maximum Gasteiger partial charge on any atom is 0.220 e. The van der Waals surface area contributed by atoms with Crippen molar-refractivity contribution in [3.63, 3.8) is 0 Å². The second-order valence-corrected chi connectivity index (χ2v) is 7.02. The Balaban J connectivity index is 1.36. The van der Waals surface area contributed by atoms with Crippen LogP contribution in [0.5, 0.6) is 5.75 Å². The van der Waals surface area contributed by atoms with Gasteiger partial charge in [0.1, 0.15) is 23.5 Å². The quantitative estimate of drug-likeness (QED) is 0.738. The standard InChI is InChI=1S/C21H21N5O2/c1-13-18(14(2)26-21(25-13)16(10-22)11-24-26)7-8-20(27)23-12-17-9-15-5-3-4-6-19(15)28-17/h3-6,11,17H,7-9,12H2,1-2H3,(H,23,27)/t17-/m0/s1. The molecular formula is C21H21N5O2. The topological polar surface area (TPSA) is 92.3 Å². The van der Waals surface area contributed by atoms with Crippen LogP contribution >= 0.6 is 0 Å². The zero-order valence-electron chi connectivity index (χ0n) is 15.9. The molecule has 1 N–H and O–H groups in total. The minimum absolute atomic E-state index is 0.0170. The molecule has 0 fully saturated rings. The number of hydrogen-bond acceptors (Lipinski definition) is 5. The van der Waals surface area contributed by atoms with Crippen LogP contribution in [0.4, 0.5) is 0 Å². The van der Waals surface area contributed by atoms with Crippen LogP contribution in [0.2, 0.25) is 0 Å². The molecule has 0 bridgehead atoms. The van der Waals surface area contributed by atoms with Crippen LogP contribution in [0.1, 0.15) is 34.5 Å². The Morgan fingerprint density at radius 1 is 1.39 bits per heavy atom. The van der Waals surface area contributed by atoms with Crippen molar-refractivity contribution in [1.82, 2.24) is 19.9 Å². The lowest BCUT2D eigenvalue weighted by atomic mass is 10.1. The van der Waals surface area contributed by atoms with Crippen molar-refractivity contribution in [3.05, 3.63) is 58.5 Å². The zero-order valence-corrected chi connectivity index (χ0v) is 15.9. The van der Waals surface area contributed by atoms with E-state index in [1.165, 1.54) is 11.8 Å². The average molecular weight is 375 g/mol.